The Kier molecular flexibility index (Phi) is 8.97. The molecule has 0 aromatic heterocycles. The van der Waals surface area contributed by atoms with Crippen molar-refractivity contribution >= 4 is 20.4 Å². The van der Waals surface area contributed by atoms with Gasteiger partial charge in [0.2, 0.25) is 0 Å². The van der Waals surface area contributed by atoms with Crippen LogP contribution < -0.4 is 0 Å². The quantitative estimate of drug-likeness (QED) is 0.320. The Morgan fingerprint density at radius 2 is 1.68 bits per heavy atom. The fourth-order valence-corrected chi connectivity index (χ4v) is 5.06. The molecule has 0 saturated carbocycles. The highest BCUT2D eigenvalue weighted by atomic mass is 28.4. The van der Waals surface area contributed by atoms with E-state index in [1.165, 1.54) is 12.1 Å². The maximum absolute atomic E-state index is 13.7. The first-order valence-corrected chi connectivity index (χ1v) is 15.0. The Labute approximate surface area is 205 Å². The molecule has 34 heavy (non-hydrogen) atoms. The second kappa shape index (κ2) is 10.8. The van der Waals surface area contributed by atoms with Crippen LogP contribution in [0, 0.1) is 11.7 Å². The van der Waals surface area contributed by atoms with Crippen LogP contribution in [0.5, 0.6) is 0 Å². The summed E-state index contributed by atoms with van der Waals surface area (Å²) in [6.07, 6.45) is 0.141. The second-order valence-corrected chi connectivity index (χ2v) is 16.4. The van der Waals surface area contributed by atoms with E-state index < -0.39 is 32.1 Å². The van der Waals surface area contributed by atoms with Gasteiger partial charge in [-0.05, 0) is 69.9 Å². The number of carbonyl (C=O) groups excluding carboxylic acids is 2. The summed E-state index contributed by atoms with van der Waals surface area (Å²) in [6, 6.07) is 5.38. The average Bonchev–Trinajstić information content (AvgIpc) is 3.03. The van der Waals surface area contributed by atoms with Gasteiger partial charge in [-0.15, -0.1) is 0 Å². The predicted octanol–water partition coefficient (Wildman–Crippen LogP) is 6.47. The van der Waals surface area contributed by atoms with Gasteiger partial charge in [0.05, 0.1) is 19.1 Å². The van der Waals surface area contributed by atoms with Gasteiger partial charge in [-0.3, -0.25) is 9.69 Å². The van der Waals surface area contributed by atoms with E-state index in [2.05, 4.69) is 33.9 Å². The summed E-state index contributed by atoms with van der Waals surface area (Å²) in [5.41, 5.74) is 0.0942. The first-order chi connectivity index (χ1) is 15.6. The van der Waals surface area contributed by atoms with Crippen molar-refractivity contribution in [2.24, 2.45) is 5.92 Å². The summed E-state index contributed by atoms with van der Waals surface area (Å²) < 4.78 is 31.2. The number of amides is 1. The molecule has 1 aromatic carbocycles. The highest BCUT2D eigenvalue weighted by Gasteiger charge is 2.48. The predicted molar refractivity (Wildman–Crippen MR) is 134 cm³/mol. The molecule has 0 aliphatic carbocycles. The van der Waals surface area contributed by atoms with Gasteiger partial charge in [0.15, 0.2) is 8.32 Å². The van der Waals surface area contributed by atoms with E-state index in [4.69, 9.17) is 13.9 Å². The summed E-state index contributed by atoms with van der Waals surface area (Å²) in [4.78, 5) is 27.5. The zero-order chi connectivity index (χ0) is 25.9. The third-order valence-corrected chi connectivity index (χ3v) is 11.2. The SMILES string of the molecule is CCOC(=O)C[C@@H]1C[C@H](CO[Si](C)(C)C(C)(C)C)[C@@H](c2ccc(F)cc2)N1C(=O)OC(C)(C)C. The van der Waals surface area contributed by atoms with Gasteiger partial charge in [0, 0.05) is 18.6 Å². The molecule has 1 aliphatic rings. The van der Waals surface area contributed by atoms with Crippen LogP contribution in [-0.2, 0) is 18.7 Å². The van der Waals surface area contributed by atoms with E-state index in [1.54, 1.807) is 24.0 Å². The van der Waals surface area contributed by atoms with Crippen LogP contribution in [0.2, 0.25) is 18.1 Å². The zero-order valence-corrected chi connectivity index (χ0v) is 23.2. The third-order valence-electron chi connectivity index (χ3n) is 6.70. The normalized spacial score (nSPS) is 21.5. The number of carbonyl (C=O) groups is 2. The number of likely N-dealkylation sites (tertiary alicyclic amines) is 1. The van der Waals surface area contributed by atoms with Crippen molar-refractivity contribution in [2.45, 2.75) is 97.1 Å². The van der Waals surface area contributed by atoms with Crippen LogP contribution in [0.3, 0.4) is 0 Å². The Balaban J connectivity index is 2.46. The van der Waals surface area contributed by atoms with Gasteiger partial charge in [0.1, 0.15) is 11.4 Å². The standard InChI is InChI=1S/C26H42FNO5Si/c1-10-31-22(29)16-21-15-19(17-32-34(8,9)26(5,6)7)23(18-11-13-20(27)14-12-18)28(21)24(30)33-25(2,3)4/h11-14,19,21,23H,10,15-17H2,1-9H3/t19-,21+,23-/m1/s1. The summed E-state index contributed by atoms with van der Waals surface area (Å²) in [6.45, 7) is 18.8. The van der Waals surface area contributed by atoms with E-state index in [0.29, 0.717) is 13.0 Å². The van der Waals surface area contributed by atoms with E-state index >= 15 is 0 Å². The van der Waals surface area contributed by atoms with Gasteiger partial charge in [-0.1, -0.05) is 32.9 Å². The summed E-state index contributed by atoms with van der Waals surface area (Å²) in [5, 5.41) is 0.0339. The Morgan fingerprint density at radius 1 is 1.09 bits per heavy atom. The van der Waals surface area contributed by atoms with Crippen LogP contribution in [0.4, 0.5) is 9.18 Å². The molecule has 0 bridgehead atoms. The maximum atomic E-state index is 13.7. The molecule has 1 amide bonds. The largest absolute Gasteiger partial charge is 0.466 e. The fourth-order valence-electron chi connectivity index (χ4n) is 4.00. The maximum Gasteiger partial charge on any atom is 0.411 e. The van der Waals surface area contributed by atoms with Gasteiger partial charge in [-0.25, -0.2) is 9.18 Å². The van der Waals surface area contributed by atoms with Crippen LogP contribution >= 0.6 is 0 Å². The number of nitrogens with zero attached hydrogens (tertiary/aromatic N) is 1. The first kappa shape index (κ1) is 28.3. The highest BCUT2D eigenvalue weighted by molar-refractivity contribution is 6.74. The summed E-state index contributed by atoms with van der Waals surface area (Å²) in [7, 11) is -2.05. The number of esters is 1. The molecule has 0 spiro atoms. The lowest BCUT2D eigenvalue weighted by atomic mass is 9.93. The smallest absolute Gasteiger partial charge is 0.411 e. The van der Waals surface area contributed by atoms with Gasteiger partial charge in [-0.2, -0.15) is 0 Å². The fraction of sp³-hybridized carbons (Fsp3) is 0.692. The number of rotatable bonds is 7. The second-order valence-electron chi connectivity index (χ2n) is 11.6. The summed E-state index contributed by atoms with van der Waals surface area (Å²) >= 11 is 0. The van der Waals surface area contributed by atoms with Crippen molar-refractivity contribution in [3.63, 3.8) is 0 Å². The lowest BCUT2D eigenvalue weighted by Crippen LogP contribution is -2.44. The number of benzene rings is 1. The molecule has 192 valence electrons. The lowest BCUT2D eigenvalue weighted by molar-refractivity contribution is -0.144. The van der Waals surface area contributed by atoms with E-state index in [9.17, 15) is 14.0 Å². The van der Waals surface area contributed by atoms with Gasteiger partial charge >= 0.3 is 12.1 Å². The molecule has 0 radical (unpaired) electrons. The molecular weight excluding hydrogens is 453 g/mol. The number of hydrogen-bond donors (Lipinski definition) is 0. The van der Waals surface area contributed by atoms with Crippen molar-refractivity contribution in [3.05, 3.63) is 35.6 Å². The Bertz CT molecular complexity index is 844. The Hall–Kier alpha value is -1.93. The summed E-state index contributed by atoms with van der Waals surface area (Å²) in [5.74, 6) is -0.779. The molecule has 8 heteroatoms. The molecule has 2 rings (SSSR count). The van der Waals surface area contributed by atoms with Crippen molar-refractivity contribution in [2.75, 3.05) is 13.2 Å². The highest BCUT2D eigenvalue weighted by Crippen LogP contribution is 2.45. The monoisotopic (exact) mass is 495 g/mol. The number of ether oxygens (including phenoxy) is 2. The number of hydrogen-bond acceptors (Lipinski definition) is 5. The first-order valence-electron chi connectivity index (χ1n) is 12.1. The molecule has 1 saturated heterocycles. The van der Waals surface area contributed by atoms with Crippen LogP contribution in [-0.4, -0.2) is 50.1 Å². The van der Waals surface area contributed by atoms with Crippen LogP contribution in [0.1, 0.15) is 72.9 Å². The van der Waals surface area contributed by atoms with Crippen LogP contribution in [0.15, 0.2) is 24.3 Å². The molecule has 1 aromatic rings. The minimum atomic E-state index is -2.05. The molecule has 0 N–H and O–H groups in total. The van der Waals surface area contributed by atoms with Crippen LogP contribution in [0.25, 0.3) is 0 Å². The minimum absolute atomic E-state index is 0.0339. The van der Waals surface area contributed by atoms with E-state index in [0.717, 1.165) is 5.56 Å². The molecule has 0 unspecified atom stereocenters. The molecule has 1 heterocycles. The average molecular weight is 496 g/mol. The topological polar surface area (TPSA) is 65.1 Å². The van der Waals surface area contributed by atoms with Gasteiger partial charge < -0.3 is 13.9 Å². The van der Waals surface area contributed by atoms with E-state index in [-0.39, 0.29) is 35.8 Å². The lowest BCUT2D eigenvalue weighted by Gasteiger charge is -2.38. The van der Waals surface area contributed by atoms with Gasteiger partial charge in [0.25, 0.3) is 0 Å². The molecule has 1 aliphatic heterocycles. The molecule has 3 atom stereocenters. The van der Waals surface area contributed by atoms with Crippen molar-refractivity contribution in [1.29, 1.82) is 0 Å². The zero-order valence-electron chi connectivity index (χ0n) is 22.2. The molecule has 6 nitrogen and oxygen atoms in total. The molecular formula is C26H42FNO5Si. The minimum Gasteiger partial charge on any atom is -0.466 e. The molecule has 1 fully saturated rings. The van der Waals surface area contributed by atoms with Crippen molar-refractivity contribution < 1.29 is 27.9 Å². The third kappa shape index (κ3) is 7.28. The Morgan fingerprint density at radius 3 is 2.18 bits per heavy atom. The van der Waals surface area contributed by atoms with Crippen molar-refractivity contribution in [1.82, 2.24) is 4.90 Å². The van der Waals surface area contributed by atoms with Crippen molar-refractivity contribution in [3.8, 4) is 0 Å². The van der Waals surface area contributed by atoms with E-state index in [1.807, 2.05) is 20.8 Å². The number of halogens is 1.